The lowest BCUT2D eigenvalue weighted by Gasteiger charge is -2.12. The van der Waals surface area contributed by atoms with Crippen LogP contribution in [-0.2, 0) is 10.1 Å². The van der Waals surface area contributed by atoms with Gasteiger partial charge in [-0.25, -0.2) is 4.39 Å². The molecule has 0 saturated heterocycles. The van der Waals surface area contributed by atoms with Crippen LogP contribution in [0.1, 0.15) is 29.4 Å². The average Bonchev–Trinajstić information content (AvgIpc) is 2.54. The van der Waals surface area contributed by atoms with E-state index in [0.29, 0.717) is 11.3 Å². The van der Waals surface area contributed by atoms with Crippen LogP contribution in [0.5, 0.6) is 0 Å². The van der Waals surface area contributed by atoms with Crippen LogP contribution >= 0.6 is 11.8 Å². The molecule has 0 spiro atoms. The summed E-state index contributed by atoms with van der Waals surface area (Å²) in [6, 6.07) is 5.09. The lowest BCUT2D eigenvalue weighted by atomic mass is 10.2. The molecule has 0 amide bonds. The zero-order valence-corrected chi connectivity index (χ0v) is 15.7. The molecule has 0 bridgehead atoms. The summed E-state index contributed by atoms with van der Waals surface area (Å²) >= 11 is 1.08. The highest BCUT2D eigenvalue weighted by Crippen LogP contribution is 2.22. The minimum atomic E-state index is -4.07. The Balaban J connectivity index is 2.44. The van der Waals surface area contributed by atoms with Crippen molar-refractivity contribution in [1.82, 2.24) is 9.78 Å². The minimum Gasteiger partial charge on any atom is -0.293 e. The van der Waals surface area contributed by atoms with Gasteiger partial charge in [0, 0.05) is 6.92 Å². The Bertz CT molecular complexity index is 985. The van der Waals surface area contributed by atoms with Gasteiger partial charge in [0.05, 0.1) is 16.3 Å². The number of carbonyl (C=O) groups excluding carboxylic acids is 1. The van der Waals surface area contributed by atoms with Crippen LogP contribution in [0.25, 0.3) is 5.69 Å². The van der Waals surface area contributed by atoms with Crippen LogP contribution in [0.15, 0.2) is 34.0 Å². The normalized spacial score (nSPS) is 11.5. The molecule has 0 radical (unpaired) electrons. The molecule has 1 N–H and O–H groups in total. The Morgan fingerprint density at radius 2 is 1.92 bits per heavy atom. The van der Waals surface area contributed by atoms with E-state index in [1.54, 1.807) is 6.92 Å². The highest BCUT2D eigenvalue weighted by Gasteiger charge is 2.18. The van der Waals surface area contributed by atoms with Gasteiger partial charge in [-0.15, -0.1) is 11.8 Å². The molecule has 2 aromatic rings. The van der Waals surface area contributed by atoms with Crippen LogP contribution in [0.2, 0.25) is 0 Å². The van der Waals surface area contributed by atoms with Crippen molar-refractivity contribution in [3.63, 3.8) is 0 Å². The van der Waals surface area contributed by atoms with E-state index in [2.05, 4.69) is 5.10 Å². The first-order chi connectivity index (χ1) is 12.1. The molecule has 0 unspecified atom stereocenters. The van der Waals surface area contributed by atoms with Gasteiger partial charge in [-0.1, -0.05) is 0 Å². The van der Waals surface area contributed by atoms with Crippen LogP contribution in [0.4, 0.5) is 4.39 Å². The second-order valence-electron chi connectivity index (χ2n) is 5.54. The number of carbonyl (C=O) groups is 1. The van der Waals surface area contributed by atoms with E-state index >= 15 is 0 Å². The third-order valence-electron chi connectivity index (χ3n) is 3.48. The summed E-state index contributed by atoms with van der Waals surface area (Å²) in [6.07, 6.45) is 0.136. The van der Waals surface area contributed by atoms with E-state index in [-0.39, 0.29) is 28.5 Å². The van der Waals surface area contributed by atoms with Gasteiger partial charge in [0.2, 0.25) is 0 Å². The molecule has 140 valence electrons. The maximum absolute atomic E-state index is 13.1. The average molecular weight is 400 g/mol. The van der Waals surface area contributed by atoms with Gasteiger partial charge in [0.1, 0.15) is 11.5 Å². The number of Topliss-reactive ketones (excluding diaryl/α,β-unsaturated/α-hetero) is 1. The van der Waals surface area contributed by atoms with Crippen LogP contribution < -0.4 is 5.56 Å². The van der Waals surface area contributed by atoms with Gasteiger partial charge < -0.3 is 0 Å². The van der Waals surface area contributed by atoms with E-state index in [1.165, 1.54) is 31.2 Å². The molecule has 26 heavy (non-hydrogen) atoms. The molecule has 0 atom stereocenters. The summed E-state index contributed by atoms with van der Waals surface area (Å²) in [6.45, 7) is 2.91. The van der Waals surface area contributed by atoms with Crippen molar-refractivity contribution in [3.8, 4) is 5.69 Å². The number of rotatable bonds is 7. The topological polar surface area (TPSA) is 106 Å². The fourth-order valence-electron chi connectivity index (χ4n) is 2.26. The molecule has 0 saturated carbocycles. The zero-order valence-electron chi connectivity index (χ0n) is 14.1. The molecular formula is C16H17FN2O5S2. The number of hydrogen-bond acceptors (Lipinski definition) is 6. The Labute approximate surface area is 154 Å². The number of thioether (sulfide) groups is 1. The monoisotopic (exact) mass is 400 g/mol. The summed E-state index contributed by atoms with van der Waals surface area (Å²) in [5.74, 6) is -0.977. The lowest BCUT2D eigenvalue weighted by molar-refractivity contribution is 0.101. The van der Waals surface area contributed by atoms with Gasteiger partial charge in [0.25, 0.3) is 15.7 Å². The second-order valence-corrected chi connectivity index (χ2v) is 8.22. The minimum absolute atomic E-state index is 0.103. The SMILES string of the molecule is CC(=O)c1nn(-c2ccc(F)cc2)c(=O)c(SCCCS(=O)(=O)O)c1C. The molecule has 1 heterocycles. The summed E-state index contributed by atoms with van der Waals surface area (Å²) < 4.78 is 44.5. The maximum atomic E-state index is 13.1. The first-order valence-electron chi connectivity index (χ1n) is 7.59. The number of hydrogen-bond donors (Lipinski definition) is 1. The number of ketones is 1. The Kier molecular flexibility index (Phi) is 6.32. The fraction of sp³-hybridized carbons (Fsp3) is 0.312. The van der Waals surface area contributed by atoms with Crippen molar-refractivity contribution in [2.75, 3.05) is 11.5 Å². The first kappa shape index (κ1) is 20.3. The number of aromatic nitrogens is 2. The second kappa shape index (κ2) is 8.11. The van der Waals surface area contributed by atoms with E-state index in [1.807, 2.05) is 0 Å². The predicted molar refractivity (Wildman–Crippen MR) is 96.3 cm³/mol. The van der Waals surface area contributed by atoms with Gasteiger partial charge in [0.15, 0.2) is 5.78 Å². The first-order valence-corrected chi connectivity index (χ1v) is 10.2. The van der Waals surface area contributed by atoms with Crippen LogP contribution in [0.3, 0.4) is 0 Å². The zero-order chi connectivity index (χ0) is 19.5. The molecule has 0 fully saturated rings. The third-order valence-corrected chi connectivity index (χ3v) is 5.55. The van der Waals surface area contributed by atoms with Crippen molar-refractivity contribution < 1.29 is 22.2 Å². The summed E-state index contributed by atoms with van der Waals surface area (Å²) in [7, 11) is -4.07. The lowest BCUT2D eigenvalue weighted by Crippen LogP contribution is -2.27. The van der Waals surface area contributed by atoms with Crippen LogP contribution in [0, 0.1) is 12.7 Å². The predicted octanol–water partition coefficient (Wildman–Crippen LogP) is 2.25. The Morgan fingerprint density at radius 1 is 1.31 bits per heavy atom. The molecule has 7 nitrogen and oxygen atoms in total. The van der Waals surface area contributed by atoms with Gasteiger partial charge >= 0.3 is 0 Å². The van der Waals surface area contributed by atoms with E-state index < -0.39 is 27.2 Å². The van der Waals surface area contributed by atoms with Crippen LogP contribution in [-0.4, -0.2) is 40.0 Å². The number of nitrogens with zero attached hydrogens (tertiary/aromatic N) is 2. The summed E-state index contributed by atoms with van der Waals surface area (Å²) in [4.78, 5) is 24.9. The number of halogens is 1. The van der Waals surface area contributed by atoms with E-state index in [9.17, 15) is 22.4 Å². The Hall–Kier alpha value is -2.04. The highest BCUT2D eigenvalue weighted by atomic mass is 32.2. The molecule has 10 heteroatoms. The summed E-state index contributed by atoms with van der Waals surface area (Å²) in [5.41, 5.74) is 0.318. The van der Waals surface area contributed by atoms with E-state index in [0.717, 1.165) is 16.4 Å². The molecular weight excluding hydrogens is 383 g/mol. The quantitative estimate of drug-likeness (QED) is 0.329. The number of benzene rings is 1. The van der Waals surface area contributed by atoms with Gasteiger partial charge in [-0.05, 0) is 48.9 Å². The molecule has 1 aromatic heterocycles. The van der Waals surface area contributed by atoms with E-state index in [4.69, 9.17) is 4.55 Å². The van der Waals surface area contributed by atoms with Crippen molar-refractivity contribution in [1.29, 1.82) is 0 Å². The molecule has 0 aliphatic rings. The van der Waals surface area contributed by atoms with Crippen molar-refractivity contribution in [2.45, 2.75) is 25.2 Å². The Morgan fingerprint density at radius 3 is 2.46 bits per heavy atom. The molecule has 1 aromatic carbocycles. The van der Waals surface area contributed by atoms with Crippen molar-refractivity contribution in [2.24, 2.45) is 0 Å². The molecule has 2 rings (SSSR count). The standard InChI is InChI=1S/C16H17FN2O5S2/c1-10-14(11(2)20)18-19(13-6-4-12(17)5-7-13)16(21)15(10)25-8-3-9-26(22,23)24/h4-7H,3,8-9H2,1-2H3,(H,22,23,24). The van der Waals surface area contributed by atoms with Gasteiger partial charge in [-0.2, -0.15) is 18.2 Å². The highest BCUT2D eigenvalue weighted by molar-refractivity contribution is 7.99. The third kappa shape index (κ3) is 4.99. The summed E-state index contributed by atoms with van der Waals surface area (Å²) in [5, 5.41) is 4.08. The largest absolute Gasteiger partial charge is 0.293 e. The van der Waals surface area contributed by atoms with Crippen molar-refractivity contribution in [3.05, 3.63) is 51.7 Å². The smallest absolute Gasteiger partial charge is 0.285 e. The van der Waals surface area contributed by atoms with Crippen molar-refractivity contribution >= 4 is 27.7 Å². The molecule has 0 aliphatic carbocycles. The fourth-order valence-corrected chi connectivity index (χ4v) is 3.97. The maximum Gasteiger partial charge on any atom is 0.285 e. The van der Waals surface area contributed by atoms with Gasteiger partial charge in [-0.3, -0.25) is 14.1 Å². The molecule has 0 aliphatic heterocycles.